The second kappa shape index (κ2) is 8.04. The highest BCUT2D eigenvalue weighted by Crippen LogP contribution is 2.62. The molecule has 1 aromatic carbocycles. The normalized spacial score (nSPS) is 34.0. The molecule has 0 radical (unpaired) electrons. The van der Waals surface area contributed by atoms with E-state index < -0.39 is 0 Å². The van der Waals surface area contributed by atoms with Crippen molar-refractivity contribution in [2.24, 2.45) is 22.7 Å². The molecule has 0 amide bonds. The van der Waals surface area contributed by atoms with Crippen molar-refractivity contribution in [1.29, 1.82) is 0 Å². The van der Waals surface area contributed by atoms with Gasteiger partial charge in [0.2, 0.25) is 0 Å². The standard InChI is InChI=1S/C28H39NO/c1-19(2)9-8-15-28(5)25-13-12-20(3)23(27(25,4)16-14-26(28)30)17-21-18-29-24-11-7-6-10-22(21)24/h6-7,9-11,18,23,25-26,29-30H,3,8,12-17H2,1-2,4-5H3/t23-,25?,26+,27-,28+/m1/s1. The summed E-state index contributed by atoms with van der Waals surface area (Å²) >= 11 is 0. The number of nitrogens with one attached hydrogen (secondary N) is 1. The first-order chi connectivity index (χ1) is 14.3. The maximum Gasteiger partial charge on any atom is 0.0597 e. The van der Waals surface area contributed by atoms with Crippen LogP contribution in [-0.2, 0) is 6.42 Å². The Bertz CT molecular complexity index is 948. The molecular weight excluding hydrogens is 366 g/mol. The highest BCUT2D eigenvalue weighted by atomic mass is 16.3. The zero-order chi connectivity index (χ0) is 21.5. The Hall–Kier alpha value is -1.80. The van der Waals surface area contributed by atoms with Crippen molar-refractivity contribution < 1.29 is 5.11 Å². The van der Waals surface area contributed by atoms with Crippen molar-refractivity contribution in [3.05, 3.63) is 59.8 Å². The summed E-state index contributed by atoms with van der Waals surface area (Å²) in [5, 5.41) is 12.5. The van der Waals surface area contributed by atoms with Crippen LogP contribution in [0.1, 0.15) is 71.8 Å². The second-order valence-electron chi connectivity index (χ2n) is 10.8. The van der Waals surface area contributed by atoms with Crippen LogP contribution in [0.4, 0.5) is 0 Å². The average molecular weight is 406 g/mol. The van der Waals surface area contributed by atoms with Gasteiger partial charge in [0, 0.05) is 17.1 Å². The first-order valence-corrected chi connectivity index (χ1v) is 11.8. The first kappa shape index (κ1) is 21.4. The molecule has 1 aromatic heterocycles. The number of aliphatic hydroxyl groups excluding tert-OH is 1. The van der Waals surface area contributed by atoms with Gasteiger partial charge in [-0.15, -0.1) is 0 Å². The molecule has 0 saturated heterocycles. The molecule has 162 valence electrons. The molecule has 1 heterocycles. The van der Waals surface area contributed by atoms with E-state index in [9.17, 15) is 5.11 Å². The van der Waals surface area contributed by atoms with Crippen LogP contribution in [0.25, 0.3) is 10.9 Å². The SMILES string of the molecule is C=C1CCC2[C@](C)(CC[C@H](O)[C@@]2(C)CCC=C(C)C)[C@@H]1Cc1c[nH]c2ccccc12. The molecule has 2 saturated carbocycles. The van der Waals surface area contributed by atoms with Crippen molar-refractivity contribution in [1.82, 2.24) is 4.98 Å². The molecule has 30 heavy (non-hydrogen) atoms. The van der Waals surface area contributed by atoms with Crippen LogP contribution in [0.5, 0.6) is 0 Å². The predicted molar refractivity (Wildman–Crippen MR) is 127 cm³/mol. The van der Waals surface area contributed by atoms with E-state index >= 15 is 0 Å². The fourth-order valence-corrected chi connectivity index (χ4v) is 6.89. The van der Waals surface area contributed by atoms with Gasteiger partial charge in [0.1, 0.15) is 0 Å². The number of para-hydroxylation sites is 1. The third-order valence-corrected chi connectivity index (χ3v) is 8.69. The number of fused-ring (bicyclic) bond motifs is 2. The van der Waals surface area contributed by atoms with Crippen LogP contribution in [0.2, 0.25) is 0 Å². The lowest BCUT2D eigenvalue weighted by molar-refractivity contribution is -0.136. The van der Waals surface area contributed by atoms with Crippen molar-refractivity contribution in [2.75, 3.05) is 0 Å². The fourth-order valence-electron chi connectivity index (χ4n) is 6.89. The maximum absolute atomic E-state index is 11.1. The number of aromatic nitrogens is 1. The topological polar surface area (TPSA) is 36.0 Å². The molecule has 2 aliphatic rings. The summed E-state index contributed by atoms with van der Waals surface area (Å²) in [7, 11) is 0. The summed E-state index contributed by atoms with van der Waals surface area (Å²) in [6, 6.07) is 8.63. The lowest BCUT2D eigenvalue weighted by atomic mass is 9.45. The molecule has 2 aromatic rings. The number of benzene rings is 1. The average Bonchev–Trinajstić information content (AvgIpc) is 3.11. The van der Waals surface area contributed by atoms with Gasteiger partial charge in [0.05, 0.1) is 6.10 Å². The Kier molecular flexibility index (Phi) is 5.74. The van der Waals surface area contributed by atoms with E-state index in [1.807, 2.05) is 0 Å². The van der Waals surface area contributed by atoms with E-state index in [-0.39, 0.29) is 16.9 Å². The van der Waals surface area contributed by atoms with Crippen molar-refractivity contribution >= 4 is 10.9 Å². The van der Waals surface area contributed by atoms with Gasteiger partial charge < -0.3 is 10.1 Å². The number of hydrogen-bond donors (Lipinski definition) is 2. The molecule has 2 N–H and O–H groups in total. The number of hydrogen-bond acceptors (Lipinski definition) is 1. The minimum atomic E-state index is -0.193. The van der Waals surface area contributed by atoms with Gasteiger partial charge in [-0.05, 0) is 93.1 Å². The predicted octanol–water partition coefficient (Wildman–Crippen LogP) is 7.21. The first-order valence-electron chi connectivity index (χ1n) is 11.8. The summed E-state index contributed by atoms with van der Waals surface area (Å²) in [6.45, 7) is 13.8. The van der Waals surface area contributed by atoms with E-state index in [0.29, 0.717) is 11.8 Å². The Morgan fingerprint density at radius 3 is 2.77 bits per heavy atom. The summed E-state index contributed by atoms with van der Waals surface area (Å²) in [4.78, 5) is 3.46. The fraction of sp³-hybridized carbons (Fsp3) is 0.571. The smallest absolute Gasteiger partial charge is 0.0597 e. The summed E-state index contributed by atoms with van der Waals surface area (Å²) in [5.41, 5.74) is 5.62. The summed E-state index contributed by atoms with van der Waals surface area (Å²) < 4.78 is 0. The minimum Gasteiger partial charge on any atom is -0.393 e. The molecule has 4 rings (SSSR count). The molecule has 1 unspecified atom stereocenters. The number of aromatic amines is 1. The zero-order valence-corrected chi connectivity index (χ0v) is 19.3. The van der Waals surface area contributed by atoms with Crippen LogP contribution in [-0.4, -0.2) is 16.2 Å². The Morgan fingerprint density at radius 1 is 1.23 bits per heavy atom. The van der Waals surface area contributed by atoms with E-state index in [2.05, 4.69) is 75.8 Å². The van der Waals surface area contributed by atoms with Crippen LogP contribution < -0.4 is 0 Å². The number of H-pyrrole nitrogens is 1. The van der Waals surface area contributed by atoms with E-state index in [0.717, 1.165) is 38.5 Å². The van der Waals surface area contributed by atoms with Crippen LogP contribution in [0.15, 0.2) is 54.3 Å². The van der Waals surface area contributed by atoms with Crippen molar-refractivity contribution in [3.63, 3.8) is 0 Å². The minimum absolute atomic E-state index is 0.0158. The van der Waals surface area contributed by atoms with Gasteiger partial charge in [-0.2, -0.15) is 0 Å². The highest BCUT2D eigenvalue weighted by molar-refractivity contribution is 5.83. The second-order valence-corrected chi connectivity index (χ2v) is 10.8. The maximum atomic E-state index is 11.1. The Labute approximate surface area is 182 Å². The van der Waals surface area contributed by atoms with E-state index in [1.165, 1.54) is 34.0 Å². The third-order valence-electron chi connectivity index (χ3n) is 8.69. The van der Waals surface area contributed by atoms with Gasteiger partial charge >= 0.3 is 0 Å². The van der Waals surface area contributed by atoms with Gasteiger partial charge in [0.25, 0.3) is 0 Å². The van der Waals surface area contributed by atoms with Gasteiger partial charge in [-0.25, -0.2) is 0 Å². The molecular formula is C28H39NO. The van der Waals surface area contributed by atoms with Crippen LogP contribution >= 0.6 is 0 Å². The van der Waals surface area contributed by atoms with Crippen LogP contribution in [0.3, 0.4) is 0 Å². The molecule has 2 aliphatic carbocycles. The molecule has 0 bridgehead atoms. The Morgan fingerprint density at radius 2 is 2.00 bits per heavy atom. The highest BCUT2D eigenvalue weighted by Gasteiger charge is 2.57. The lowest BCUT2D eigenvalue weighted by Gasteiger charge is -2.60. The third kappa shape index (κ3) is 3.58. The quantitative estimate of drug-likeness (QED) is 0.507. The molecule has 0 aliphatic heterocycles. The molecule has 2 fully saturated rings. The molecule has 2 nitrogen and oxygen atoms in total. The van der Waals surface area contributed by atoms with Gasteiger partial charge in [0.15, 0.2) is 0 Å². The van der Waals surface area contributed by atoms with E-state index in [4.69, 9.17) is 0 Å². The number of rotatable bonds is 5. The van der Waals surface area contributed by atoms with E-state index in [1.54, 1.807) is 0 Å². The van der Waals surface area contributed by atoms with Crippen molar-refractivity contribution in [2.45, 2.75) is 78.7 Å². The monoisotopic (exact) mass is 405 g/mol. The summed E-state index contributed by atoms with van der Waals surface area (Å²) in [6.07, 6.45) is 11.8. The number of aliphatic hydroxyl groups is 1. The zero-order valence-electron chi connectivity index (χ0n) is 19.3. The molecule has 2 heteroatoms. The lowest BCUT2D eigenvalue weighted by Crippen LogP contribution is -2.56. The largest absolute Gasteiger partial charge is 0.393 e. The van der Waals surface area contributed by atoms with Crippen molar-refractivity contribution in [3.8, 4) is 0 Å². The molecule has 5 atom stereocenters. The van der Waals surface area contributed by atoms with Crippen LogP contribution in [0, 0.1) is 22.7 Å². The van der Waals surface area contributed by atoms with Gasteiger partial charge in [-0.1, -0.05) is 55.8 Å². The molecule has 0 spiro atoms. The summed E-state index contributed by atoms with van der Waals surface area (Å²) in [5.74, 6) is 1.02. The number of allylic oxidation sites excluding steroid dienone is 3. The Balaban J connectivity index is 1.65. The van der Waals surface area contributed by atoms with Gasteiger partial charge in [-0.3, -0.25) is 0 Å².